The second-order valence-corrected chi connectivity index (χ2v) is 7.47. The van der Waals surface area contributed by atoms with Crippen molar-refractivity contribution >= 4 is 11.8 Å². The average Bonchev–Trinajstić information content (AvgIpc) is 2.68. The van der Waals surface area contributed by atoms with Gasteiger partial charge in [0.05, 0.1) is 6.61 Å². The van der Waals surface area contributed by atoms with Crippen LogP contribution in [0.15, 0.2) is 24.3 Å². The van der Waals surface area contributed by atoms with Gasteiger partial charge >= 0.3 is 0 Å². The molecule has 2 aliphatic heterocycles. The van der Waals surface area contributed by atoms with Gasteiger partial charge in [0.15, 0.2) is 6.61 Å². The summed E-state index contributed by atoms with van der Waals surface area (Å²) < 4.78 is 23.6. The molecule has 0 saturated carbocycles. The summed E-state index contributed by atoms with van der Waals surface area (Å²) in [7, 11) is 1.63. The first-order valence-electron chi connectivity index (χ1n) is 9.44. The van der Waals surface area contributed by atoms with E-state index in [0.717, 1.165) is 19.3 Å². The van der Waals surface area contributed by atoms with Gasteiger partial charge in [-0.05, 0) is 43.5 Å². The predicted molar refractivity (Wildman–Crippen MR) is 97.8 cm³/mol. The predicted octanol–water partition coefficient (Wildman–Crippen LogP) is 2.08. The Kier molecular flexibility index (Phi) is 6.31. The molecule has 1 atom stereocenters. The summed E-state index contributed by atoms with van der Waals surface area (Å²) in [5.41, 5.74) is -0.0363. The highest BCUT2D eigenvalue weighted by atomic mass is 19.1. The van der Waals surface area contributed by atoms with E-state index in [9.17, 15) is 14.0 Å². The third-order valence-corrected chi connectivity index (χ3v) is 5.50. The van der Waals surface area contributed by atoms with E-state index >= 15 is 0 Å². The topological polar surface area (TPSA) is 59.1 Å². The number of benzene rings is 1. The third-order valence-electron chi connectivity index (χ3n) is 5.50. The minimum atomic E-state index is -0.337. The Hall–Kier alpha value is -2.15. The van der Waals surface area contributed by atoms with Crippen molar-refractivity contribution < 1.29 is 23.5 Å². The highest BCUT2D eigenvalue weighted by Gasteiger charge is 2.42. The lowest BCUT2D eigenvalue weighted by Gasteiger charge is -2.48. The van der Waals surface area contributed by atoms with Gasteiger partial charge in [-0.1, -0.05) is 0 Å². The molecule has 1 spiro atoms. The van der Waals surface area contributed by atoms with Crippen molar-refractivity contribution in [1.29, 1.82) is 0 Å². The monoisotopic (exact) mass is 378 g/mol. The van der Waals surface area contributed by atoms with Crippen LogP contribution in [0.1, 0.15) is 25.7 Å². The summed E-state index contributed by atoms with van der Waals surface area (Å²) in [6, 6.07) is 5.65. The molecule has 0 aromatic heterocycles. The maximum atomic E-state index is 12.9. The molecular formula is C20H27FN2O4. The molecule has 3 rings (SSSR count). The van der Waals surface area contributed by atoms with Crippen molar-refractivity contribution in [2.75, 3.05) is 46.5 Å². The number of rotatable bonds is 6. The van der Waals surface area contributed by atoms with Crippen molar-refractivity contribution in [2.45, 2.75) is 25.7 Å². The van der Waals surface area contributed by atoms with E-state index in [4.69, 9.17) is 9.47 Å². The number of hydrogen-bond donors (Lipinski definition) is 0. The highest BCUT2D eigenvalue weighted by Crippen LogP contribution is 2.38. The summed E-state index contributed by atoms with van der Waals surface area (Å²) in [5, 5.41) is 0. The lowest BCUT2D eigenvalue weighted by Crippen LogP contribution is -2.56. The van der Waals surface area contributed by atoms with E-state index in [1.807, 2.05) is 9.80 Å². The quantitative estimate of drug-likeness (QED) is 0.761. The van der Waals surface area contributed by atoms with Crippen LogP contribution < -0.4 is 4.74 Å². The van der Waals surface area contributed by atoms with E-state index < -0.39 is 0 Å². The van der Waals surface area contributed by atoms with Crippen molar-refractivity contribution in [2.24, 2.45) is 5.41 Å². The maximum absolute atomic E-state index is 12.9. The molecule has 1 aromatic carbocycles. The minimum Gasteiger partial charge on any atom is -0.484 e. The Balaban J connectivity index is 1.57. The van der Waals surface area contributed by atoms with E-state index in [2.05, 4.69) is 0 Å². The van der Waals surface area contributed by atoms with Gasteiger partial charge in [0, 0.05) is 45.1 Å². The molecule has 0 bridgehead atoms. The van der Waals surface area contributed by atoms with Crippen LogP contribution in [0, 0.1) is 11.2 Å². The average molecular weight is 378 g/mol. The number of ether oxygens (including phenoxy) is 2. The Morgan fingerprint density at radius 3 is 2.74 bits per heavy atom. The van der Waals surface area contributed by atoms with Crippen LogP contribution >= 0.6 is 0 Å². The van der Waals surface area contributed by atoms with E-state index in [1.54, 1.807) is 7.11 Å². The largest absolute Gasteiger partial charge is 0.484 e. The molecule has 0 aliphatic carbocycles. The number of halogens is 1. The van der Waals surface area contributed by atoms with Gasteiger partial charge in [0.25, 0.3) is 5.91 Å². The number of carbonyl (C=O) groups is 2. The molecule has 27 heavy (non-hydrogen) atoms. The van der Waals surface area contributed by atoms with Gasteiger partial charge in [0.2, 0.25) is 5.91 Å². The van der Waals surface area contributed by atoms with Gasteiger partial charge in [-0.3, -0.25) is 9.59 Å². The molecule has 1 aromatic rings. The number of amides is 2. The number of piperidine rings is 2. The van der Waals surface area contributed by atoms with Crippen molar-refractivity contribution in [3.8, 4) is 5.75 Å². The summed E-state index contributed by atoms with van der Waals surface area (Å²) in [6.45, 7) is 3.09. The first kappa shape index (κ1) is 19.6. The maximum Gasteiger partial charge on any atom is 0.260 e. The second kappa shape index (κ2) is 8.69. The summed E-state index contributed by atoms with van der Waals surface area (Å²) >= 11 is 0. The summed E-state index contributed by atoms with van der Waals surface area (Å²) in [5.74, 6) is 0.238. The van der Waals surface area contributed by atoms with Crippen molar-refractivity contribution in [3.05, 3.63) is 30.1 Å². The van der Waals surface area contributed by atoms with Gasteiger partial charge in [-0.25, -0.2) is 4.39 Å². The molecule has 7 heteroatoms. The number of methoxy groups -OCH3 is 1. The molecule has 0 N–H and O–H groups in total. The standard InChI is InChI=1S/C20H27FN2O4/c1-26-12-11-23-15-20(9-7-18(23)24)8-2-10-22(14-20)19(25)13-27-17-5-3-16(21)4-6-17/h3-6H,2,7-15H2,1H3/t20-/m1/s1. The SMILES string of the molecule is COCCN1C[C@]2(CCCN(C(=O)COc3ccc(F)cc3)C2)CCC1=O. The van der Waals surface area contributed by atoms with Gasteiger partial charge < -0.3 is 19.3 Å². The molecule has 2 saturated heterocycles. The van der Waals surface area contributed by atoms with Crippen LogP contribution in [-0.2, 0) is 14.3 Å². The Labute approximate surface area is 159 Å². The van der Waals surface area contributed by atoms with Crippen LogP contribution in [0.4, 0.5) is 4.39 Å². The molecule has 6 nitrogen and oxygen atoms in total. The second-order valence-electron chi connectivity index (χ2n) is 7.47. The Bertz CT molecular complexity index is 666. The molecule has 2 fully saturated rings. The fourth-order valence-corrected chi connectivity index (χ4v) is 4.03. The molecule has 2 heterocycles. The molecule has 2 amide bonds. The lowest BCUT2D eigenvalue weighted by molar-refractivity contribution is -0.144. The number of carbonyl (C=O) groups excluding carboxylic acids is 2. The molecular weight excluding hydrogens is 351 g/mol. The number of hydrogen-bond acceptors (Lipinski definition) is 4. The van der Waals surface area contributed by atoms with Crippen LogP contribution in [0.5, 0.6) is 5.75 Å². The van der Waals surface area contributed by atoms with E-state index in [1.165, 1.54) is 24.3 Å². The fraction of sp³-hybridized carbons (Fsp3) is 0.600. The Morgan fingerprint density at radius 1 is 1.22 bits per heavy atom. The first-order valence-corrected chi connectivity index (χ1v) is 9.44. The van der Waals surface area contributed by atoms with Crippen LogP contribution in [0.25, 0.3) is 0 Å². The first-order chi connectivity index (χ1) is 13.0. The zero-order valence-corrected chi connectivity index (χ0v) is 15.8. The molecule has 0 radical (unpaired) electrons. The molecule has 0 unspecified atom stereocenters. The lowest BCUT2D eigenvalue weighted by atomic mass is 9.73. The van der Waals surface area contributed by atoms with Gasteiger partial charge in [-0.15, -0.1) is 0 Å². The minimum absolute atomic E-state index is 0.0363. The molecule has 2 aliphatic rings. The zero-order chi connectivity index (χ0) is 19.3. The third kappa shape index (κ3) is 4.97. The van der Waals surface area contributed by atoms with E-state index in [0.29, 0.717) is 45.0 Å². The van der Waals surface area contributed by atoms with Crippen molar-refractivity contribution in [3.63, 3.8) is 0 Å². The van der Waals surface area contributed by atoms with Gasteiger partial charge in [0.1, 0.15) is 11.6 Å². The summed E-state index contributed by atoms with van der Waals surface area (Å²) in [6.07, 6.45) is 3.29. The molecule has 148 valence electrons. The summed E-state index contributed by atoms with van der Waals surface area (Å²) in [4.78, 5) is 28.5. The number of nitrogens with zero attached hydrogens (tertiary/aromatic N) is 2. The Morgan fingerprint density at radius 2 is 2.00 bits per heavy atom. The highest BCUT2D eigenvalue weighted by molar-refractivity contribution is 5.79. The fourth-order valence-electron chi connectivity index (χ4n) is 4.03. The van der Waals surface area contributed by atoms with Crippen molar-refractivity contribution in [1.82, 2.24) is 9.80 Å². The van der Waals surface area contributed by atoms with Crippen LogP contribution in [0.3, 0.4) is 0 Å². The van der Waals surface area contributed by atoms with E-state index in [-0.39, 0.29) is 29.7 Å². The van der Waals surface area contributed by atoms with Gasteiger partial charge in [-0.2, -0.15) is 0 Å². The smallest absolute Gasteiger partial charge is 0.260 e. The van der Waals surface area contributed by atoms with Crippen LogP contribution in [-0.4, -0.2) is 68.1 Å². The normalized spacial score (nSPS) is 23.0. The number of likely N-dealkylation sites (tertiary alicyclic amines) is 2. The zero-order valence-electron chi connectivity index (χ0n) is 15.8. The van der Waals surface area contributed by atoms with Crippen LogP contribution in [0.2, 0.25) is 0 Å².